The van der Waals surface area contributed by atoms with Crippen molar-refractivity contribution >= 4 is 5.97 Å². The van der Waals surface area contributed by atoms with E-state index in [0.29, 0.717) is 0 Å². The largest absolute Gasteiger partial charge is 0.477 e. The average Bonchev–Trinajstić information content (AvgIpc) is 1.99. The number of rotatable bonds is 4. The van der Waals surface area contributed by atoms with Crippen LogP contribution in [0.4, 0.5) is 0 Å². The zero-order valence-corrected chi connectivity index (χ0v) is 7.01. The highest BCUT2D eigenvalue weighted by Crippen LogP contribution is 1.89. The number of hydrogen-bond donors (Lipinski definition) is 3. The Bertz CT molecular complexity index is 166. The molecule has 1 atom stereocenters. The predicted molar refractivity (Wildman–Crippen MR) is 43.1 cm³/mol. The molecule has 0 aliphatic carbocycles. The molecule has 0 fully saturated rings. The highest BCUT2D eigenvalue weighted by atomic mass is 16.4. The SMILES string of the molecule is C/C=C(\NC(C)NC)C(=O)O. The Kier molecular flexibility index (Phi) is 4.29. The molecular weight excluding hydrogens is 144 g/mol. The normalized spacial score (nSPS) is 14.3. The summed E-state index contributed by atoms with van der Waals surface area (Å²) in [6.07, 6.45) is 1.49. The summed E-state index contributed by atoms with van der Waals surface area (Å²) in [7, 11) is 1.76. The van der Waals surface area contributed by atoms with Crippen LogP contribution >= 0.6 is 0 Å². The van der Waals surface area contributed by atoms with Crippen molar-refractivity contribution in [1.29, 1.82) is 0 Å². The van der Waals surface area contributed by atoms with E-state index in [9.17, 15) is 4.79 Å². The van der Waals surface area contributed by atoms with Crippen molar-refractivity contribution in [2.75, 3.05) is 7.05 Å². The van der Waals surface area contributed by atoms with Crippen molar-refractivity contribution in [2.24, 2.45) is 0 Å². The van der Waals surface area contributed by atoms with Crippen LogP contribution < -0.4 is 10.6 Å². The third-order valence-corrected chi connectivity index (χ3v) is 1.32. The molecule has 0 aromatic carbocycles. The van der Waals surface area contributed by atoms with Gasteiger partial charge in [0.15, 0.2) is 0 Å². The zero-order chi connectivity index (χ0) is 8.85. The molecule has 0 aromatic rings. The molecule has 0 aromatic heterocycles. The van der Waals surface area contributed by atoms with E-state index in [1.165, 1.54) is 6.08 Å². The summed E-state index contributed by atoms with van der Waals surface area (Å²) in [5.41, 5.74) is 0.215. The summed E-state index contributed by atoms with van der Waals surface area (Å²) in [6, 6.07) is 0. The maximum atomic E-state index is 10.4. The van der Waals surface area contributed by atoms with Crippen molar-refractivity contribution in [3.63, 3.8) is 0 Å². The monoisotopic (exact) mass is 158 g/mol. The lowest BCUT2D eigenvalue weighted by atomic mass is 10.4. The van der Waals surface area contributed by atoms with Crippen molar-refractivity contribution in [1.82, 2.24) is 10.6 Å². The Morgan fingerprint density at radius 2 is 2.18 bits per heavy atom. The molecule has 1 unspecified atom stereocenters. The molecule has 3 N–H and O–H groups in total. The Balaban J connectivity index is 4.00. The van der Waals surface area contributed by atoms with E-state index < -0.39 is 5.97 Å². The molecule has 0 aliphatic rings. The minimum atomic E-state index is -0.936. The first-order chi connectivity index (χ1) is 5.11. The minimum Gasteiger partial charge on any atom is -0.477 e. The van der Waals surface area contributed by atoms with Crippen molar-refractivity contribution < 1.29 is 9.90 Å². The highest BCUT2D eigenvalue weighted by molar-refractivity contribution is 5.85. The summed E-state index contributed by atoms with van der Waals surface area (Å²) in [5, 5.41) is 14.2. The molecule has 0 saturated carbocycles. The molecule has 4 nitrogen and oxygen atoms in total. The molecule has 0 heterocycles. The van der Waals surface area contributed by atoms with Gasteiger partial charge >= 0.3 is 5.97 Å². The van der Waals surface area contributed by atoms with Crippen LogP contribution in [0.2, 0.25) is 0 Å². The molecule has 0 spiro atoms. The molecule has 0 rings (SSSR count). The van der Waals surface area contributed by atoms with Crippen LogP contribution in [-0.4, -0.2) is 24.3 Å². The van der Waals surface area contributed by atoms with Gasteiger partial charge in [-0.25, -0.2) is 4.79 Å². The zero-order valence-electron chi connectivity index (χ0n) is 7.01. The number of aliphatic carboxylic acids is 1. The smallest absolute Gasteiger partial charge is 0.351 e. The summed E-state index contributed by atoms with van der Waals surface area (Å²) < 4.78 is 0. The van der Waals surface area contributed by atoms with E-state index in [0.717, 1.165) is 0 Å². The molecule has 11 heavy (non-hydrogen) atoms. The van der Waals surface area contributed by atoms with E-state index in [2.05, 4.69) is 10.6 Å². The van der Waals surface area contributed by atoms with Gasteiger partial charge in [-0.05, 0) is 20.9 Å². The third-order valence-electron chi connectivity index (χ3n) is 1.32. The van der Waals surface area contributed by atoms with Gasteiger partial charge in [-0.1, -0.05) is 6.08 Å². The van der Waals surface area contributed by atoms with Crippen LogP contribution in [0.15, 0.2) is 11.8 Å². The minimum absolute atomic E-state index is 0.0303. The van der Waals surface area contributed by atoms with Crippen LogP contribution in [0.25, 0.3) is 0 Å². The second-order valence-electron chi connectivity index (χ2n) is 2.16. The molecule has 4 heteroatoms. The van der Waals surface area contributed by atoms with Gasteiger partial charge in [0.05, 0.1) is 6.17 Å². The molecule has 0 bridgehead atoms. The summed E-state index contributed by atoms with van der Waals surface area (Å²) >= 11 is 0. The summed E-state index contributed by atoms with van der Waals surface area (Å²) in [5.74, 6) is -0.936. The fourth-order valence-electron chi connectivity index (χ4n) is 0.574. The lowest BCUT2D eigenvalue weighted by Gasteiger charge is -2.13. The van der Waals surface area contributed by atoms with E-state index in [1.807, 2.05) is 6.92 Å². The van der Waals surface area contributed by atoms with Gasteiger partial charge in [-0.15, -0.1) is 0 Å². The van der Waals surface area contributed by atoms with Gasteiger partial charge in [0.2, 0.25) is 0 Å². The Hall–Kier alpha value is -1.03. The van der Waals surface area contributed by atoms with Crippen LogP contribution in [-0.2, 0) is 4.79 Å². The predicted octanol–water partition coefficient (Wildman–Crippen LogP) is 0.130. The Labute approximate surface area is 66.3 Å². The maximum absolute atomic E-state index is 10.4. The third kappa shape index (κ3) is 3.62. The molecule has 0 aliphatic heterocycles. The molecule has 0 saturated heterocycles. The van der Waals surface area contributed by atoms with Crippen LogP contribution in [0.1, 0.15) is 13.8 Å². The van der Waals surface area contributed by atoms with Crippen LogP contribution in [0, 0.1) is 0 Å². The maximum Gasteiger partial charge on any atom is 0.351 e. The number of carboxylic acid groups (broad SMARTS) is 1. The standard InChI is InChI=1S/C7H14N2O2/c1-4-6(7(10)11)9-5(2)8-3/h4-5,8-9H,1-3H3,(H,10,11)/b6-4-. The first kappa shape index (κ1) is 9.97. The second kappa shape index (κ2) is 4.73. The van der Waals surface area contributed by atoms with Gasteiger partial charge in [-0.3, -0.25) is 0 Å². The fourth-order valence-corrected chi connectivity index (χ4v) is 0.574. The number of allylic oxidation sites excluding steroid dienone is 1. The van der Waals surface area contributed by atoms with Gasteiger partial charge in [0.25, 0.3) is 0 Å². The molecular formula is C7H14N2O2. The first-order valence-corrected chi connectivity index (χ1v) is 3.45. The van der Waals surface area contributed by atoms with Gasteiger partial charge in [0, 0.05) is 0 Å². The van der Waals surface area contributed by atoms with E-state index in [1.54, 1.807) is 14.0 Å². The quantitative estimate of drug-likeness (QED) is 0.402. The molecule has 0 amide bonds. The summed E-state index contributed by atoms with van der Waals surface area (Å²) in [6.45, 7) is 3.52. The van der Waals surface area contributed by atoms with Crippen molar-refractivity contribution in [2.45, 2.75) is 20.0 Å². The van der Waals surface area contributed by atoms with Crippen molar-refractivity contribution in [3.05, 3.63) is 11.8 Å². The number of carbonyl (C=O) groups is 1. The van der Waals surface area contributed by atoms with Gasteiger partial charge < -0.3 is 15.7 Å². The van der Waals surface area contributed by atoms with E-state index in [-0.39, 0.29) is 11.9 Å². The fraction of sp³-hybridized carbons (Fsp3) is 0.571. The van der Waals surface area contributed by atoms with Crippen molar-refractivity contribution in [3.8, 4) is 0 Å². The lowest BCUT2D eigenvalue weighted by molar-refractivity contribution is -0.133. The summed E-state index contributed by atoms with van der Waals surface area (Å²) in [4.78, 5) is 10.4. The number of carboxylic acids is 1. The molecule has 0 radical (unpaired) electrons. The first-order valence-electron chi connectivity index (χ1n) is 3.45. The number of nitrogens with one attached hydrogen (secondary N) is 2. The topological polar surface area (TPSA) is 61.4 Å². The average molecular weight is 158 g/mol. The van der Waals surface area contributed by atoms with Gasteiger partial charge in [-0.2, -0.15) is 0 Å². The van der Waals surface area contributed by atoms with Crippen LogP contribution in [0.5, 0.6) is 0 Å². The Morgan fingerprint density at radius 3 is 2.45 bits per heavy atom. The van der Waals surface area contributed by atoms with Gasteiger partial charge in [0.1, 0.15) is 5.70 Å². The second-order valence-corrected chi connectivity index (χ2v) is 2.16. The number of hydrogen-bond acceptors (Lipinski definition) is 3. The lowest BCUT2D eigenvalue weighted by Crippen LogP contribution is -2.38. The highest BCUT2D eigenvalue weighted by Gasteiger charge is 2.06. The molecule has 64 valence electrons. The van der Waals surface area contributed by atoms with E-state index in [4.69, 9.17) is 5.11 Å². The van der Waals surface area contributed by atoms with E-state index >= 15 is 0 Å². The Morgan fingerprint density at radius 1 is 1.64 bits per heavy atom. The van der Waals surface area contributed by atoms with Crippen LogP contribution in [0.3, 0.4) is 0 Å².